The predicted molar refractivity (Wildman–Crippen MR) is 102 cm³/mol. The third kappa shape index (κ3) is 5.17. The summed E-state index contributed by atoms with van der Waals surface area (Å²) in [6.07, 6.45) is 1.14. The standard InChI is InChI=1S/C17H15ClN4O6/c1-2-28-14-5-3-4-10(15(14)23)9-19-21-17(25)16(24)20-11-6-7-12(18)13(8-11)22(26)27/h3-9,23H,2H2,1H3,(H,20,24)(H,21,25)/b19-9-. The molecular formula is C17H15ClN4O6. The number of nitrogens with zero attached hydrogens (tertiary/aromatic N) is 2. The maximum Gasteiger partial charge on any atom is 0.329 e. The number of ether oxygens (including phenoxy) is 1. The number of aromatic hydroxyl groups is 1. The number of nitrogens with one attached hydrogen (secondary N) is 2. The fourth-order valence-corrected chi connectivity index (χ4v) is 2.23. The topological polar surface area (TPSA) is 143 Å². The van der Waals surface area contributed by atoms with Crippen LogP contribution in [-0.2, 0) is 9.59 Å². The average Bonchev–Trinajstić information content (AvgIpc) is 2.66. The van der Waals surface area contributed by atoms with Crippen molar-refractivity contribution in [2.75, 3.05) is 11.9 Å². The number of amides is 2. The van der Waals surface area contributed by atoms with E-state index in [2.05, 4.69) is 10.4 Å². The van der Waals surface area contributed by atoms with Crippen LogP contribution in [-0.4, -0.2) is 34.7 Å². The average molecular weight is 407 g/mol. The lowest BCUT2D eigenvalue weighted by molar-refractivity contribution is -0.384. The third-order valence-corrected chi connectivity index (χ3v) is 3.63. The van der Waals surface area contributed by atoms with Gasteiger partial charge >= 0.3 is 11.8 Å². The largest absolute Gasteiger partial charge is 0.504 e. The van der Waals surface area contributed by atoms with Gasteiger partial charge in [0.2, 0.25) is 0 Å². The molecule has 0 atom stereocenters. The second kappa shape index (κ2) is 9.33. The van der Waals surface area contributed by atoms with Gasteiger partial charge in [-0.15, -0.1) is 0 Å². The second-order valence-corrected chi connectivity index (χ2v) is 5.61. The first kappa shape index (κ1) is 20.6. The summed E-state index contributed by atoms with van der Waals surface area (Å²) < 4.78 is 5.22. The number of para-hydroxylation sites is 1. The Morgan fingerprint density at radius 3 is 2.75 bits per heavy atom. The minimum absolute atomic E-state index is 0.0160. The minimum atomic E-state index is -1.12. The van der Waals surface area contributed by atoms with Crippen molar-refractivity contribution in [1.82, 2.24) is 5.43 Å². The molecule has 146 valence electrons. The molecule has 0 heterocycles. The maximum absolute atomic E-state index is 11.9. The van der Waals surface area contributed by atoms with Crippen LogP contribution in [0.4, 0.5) is 11.4 Å². The van der Waals surface area contributed by atoms with Crippen molar-refractivity contribution in [3.63, 3.8) is 0 Å². The van der Waals surface area contributed by atoms with Crippen molar-refractivity contribution in [3.8, 4) is 11.5 Å². The van der Waals surface area contributed by atoms with Gasteiger partial charge < -0.3 is 15.2 Å². The van der Waals surface area contributed by atoms with Crippen LogP contribution in [0.3, 0.4) is 0 Å². The smallest absolute Gasteiger partial charge is 0.329 e. The number of rotatable bonds is 6. The number of hydrogen-bond acceptors (Lipinski definition) is 7. The molecule has 0 fully saturated rings. The molecule has 2 aromatic carbocycles. The summed E-state index contributed by atoms with van der Waals surface area (Å²) >= 11 is 5.68. The number of carbonyl (C=O) groups excluding carboxylic acids is 2. The molecule has 0 aromatic heterocycles. The van der Waals surface area contributed by atoms with E-state index in [9.17, 15) is 24.8 Å². The molecule has 0 aliphatic carbocycles. The van der Waals surface area contributed by atoms with Gasteiger partial charge in [-0.1, -0.05) is 17.7 Å². The summed E-state index contributed by atoms with van der Waals surface area (Å²) in [7, 11) is 0. The second-order valence-electron chi connectivity index (χ2n) is 5.20. The van der Waals surface area contributed by atoms with E-state index in [1.807, 2.05) is 5.43 Å². The van der Waals surface area contributed by atoms with E-state index in [1.165, 1.54) is 18.2 Å². The van der Waals surface area contributed by atoms with Gasteiger partial charge in [0.1, 0.15) is 5.02 Å². The van der Waals surface area contributed by atoms with Crippen LogP contribution >= 0.6 is 11.6 Å². The Morgan fingerprint density at radius 1 is 1.32 bits per heavy atom. The maximum atomic E-state index is 11.9. The molecule has 2 amide bonds. The molecule has 0 bridgehead atoms. The van der Waals surface area contributed by atoms with E-state index in [0.717, 1.165) is 12.3 Å². The highest BCUT2D eigenvalue weighted by molar-refractivity contribution is 6.39. The van der Waals surface area contributed by atoms with E-state index >= 15 is 0 Å². The molecule has 0 aliphatic rings. The summed E-state index contributed by atoms with van der Waals surface area (Å²) in [5.74, 6) is -2.13. The van der Waals surface area contributed by atoms with E-state index in [1.54, 1.807) is 19.1 Å². The number of hydrogen-bond donors (Lipinski definition) is 3. The van der Waals surface area contributed by atoms with Crippen LogP contribution in [0.5, 0.6) is 11.5 Å². The van der Waals surface area contributed by atoms with Crippen molar-refractivity contribution in [1.29, 1.82) is 0 Å². The molecule has 3 N–H and O–H groups in total. The summed E-state index contributed by atoms with van der Waals surface area (Å²) in [6, 6.07) is 8.26. The molecule has 10 nitrogen and oxygen atoms in total. The zero-order valence-corrected chi connectivity index (χ0v) is 15.3. The molecule has 0 saturated carbocycles. The Bertz CT molecular complexity index is 947. The van der Waals surface area contributed by atoms with Crippen LogP contribution in [0.2, 0.25) is 5.02 Å². The first-order valence-corrected chi connectivity index (χ1v) is 8.24. The quantitative estimate of drug-likeness (QED) is 0.291. The van der Waals surface area contributed by atoms with Crippen molar-refractivity contribution in [2.45, 2.75) is 6.92 Å². The lowest BCUT2D eigenvalue weighted by atomic mass is 10.2. The molecule has 11 heteroatoms. The molecule has 0 saturated heterocycles. The van der Waals surface area contributed by atoms with Crippen molar-refractivity contribution >= 4 is 41.0 Å². The fraction of sp³-hybridized carbons (Fsp3) is 0.118. The van der Waals surface area contributed by atoms with Crippen LogP contribution in [0.1, 0.15) is 12.5 Å². The van der Waals surface area contributed by atoms with Gasteiger partial charge in [-0.2, -0.15) is 5.10 Å². The number of phenols is 1. The number of benzene rings is 2. The zero-order valence-electron chi connectivity index (χ0n) is 14.5. The summed E-state index contributed by atoms with van der Waals surface area (Å²) in [5.41, 5.74) is 1.85. The van der Waals surface area contributed by atoms with Crippen LogP contribution in [0, 0.1) is 10.1 Å². The lowest BCUT2D eigenvalue weighted by Crippen LogP contribution is -2.32. The van der Waals surface area contributed by atoms with Crippen LogP contribution in [0.25, 0.3) is 0 Å². The Balaban J connectivity index is 2.01. The number of phenolic OH excluding ortho intramolecular Hbond substituents is 1. The number of nitro groups is 1. The molecule has 28 heavy (non-hydrogen) atoms. The number of carbonyl (C=O) groups is 2. The van der Waals surface area contributed by atoms with Crippen molar-refractivity contribution < 1.29 is 24.4 Å². The molecule has 2 rings (SSSR count). The number of halogens is 1. The van der Waals surface area contributed by atoms with E-state index < -0.39 is 22.4 Å². The van der Waals surface area contributed by atoms with Crippen LogP contribution < -0.4 is 15.5 Å². The number of hydrazone groups is 1. The highest BCUT2D eigenvalue weighted by Gasteiger charge is 2.17. The summed E-state index contributed by atoms with van der Waals surface area (Å²) in [5, 5.41) is 26.5. The Labute approximate surface area is 163 Å². The summed E-state index contributed by atoms with van der Waals surface area (Å²) in [4.78, 5) is 33.8. The third-order valence-electron chi connectivity index (χ3n) is 3.31. The molecular weight excluding hydrogens is 392 g/mol. The zero-order chi connectivity index (χ0) is 20.7. The Morgan fingerprint density at radius 2 is 2.07 bits per heavy atom. The highest BCUT2D eigenvalue weighted by atomic mass is 35.5. The summed E-state index contributed by atoms with van der Waals surface area (Å²) in [6.45, 7) is 2.11. The molecule has 0 aliphatic heterocycles. The molecule has 0 radical (unpaired) electrons. The molecule has 0 spiro atoms. The van der Waals surface area contributed by atoms with Gasteiger partial charge in [0, 0.05) is 17.3 Å². The van der Waals surface area contributed by atoms with Crippen molar-refractivity contribution in [3.05, 3.63) is 57.1 Å². The van der Waals surface area contributed by atoms with Gasteiger partial charge in [-0.3, -0.25) is 19.7 Å². The molecule has 0 unspecified atom stereocenters. The Kier molecular flexibility index (Phi) is 6.88. The van der Waals surface area contributed by atoms with Gasteiger partial charge in [0.25, 0.3) is 5.69 Å². The monoisotopic (exact) mass is 406 g/mol. The Hall–Kier alpha value is -3.66. The predicted octanol–water partition coefficient (Wildman–Crippen LogP) is 2.44. The van der Waals surface area contributed by atoms with Crippen molar-refractivity contribution in [2.24, 2.45) is 5.10 Å². The van der Waals surface area contributed by atoms with E-state index in [-0.39, 0.29) is 27.8 Å². The molecule has 2 aromatic rings. The number of nitro benzene ring substituents is 1. The van der Waals surface area contributed by atoms with E-state index in [4.69, 9.17) is 16.3 Å². The SMILES string of the molecule is CCOc1cccc(/C=N\NC(=O)C(=O)Nc2ccc(Cl)c([N+](=O)[O-])c2)c1O. The van der Waals surface area contributed by atoms with E-state index in [0.29, 0.717) is 6.61 Å². The fourth-order valence-electron chi connectivity index (χ4n) is 2.04. The number of anilines is 1. The van der Waals surface area contributed by atoms with Gasteiger partial charge in [0.15, 0.2) is 11.5 Å². The van der Waals surface area contributed by atoms with Crippen LogP contribution in [0.15, 0.2) is 41.5 Å². The highest BCUT2D eigenvalue weighted by Crippen LogP contribution is 2.28. The van der Waals surface area contributed by atoms with Gasteiger partial charge in [0.05, 0.1) is 17.7 Å². The van der Waals surface area contributed by atoms with Gasteiger partial charge in [-0.05, 0) is 31.2 Å². The first-order valence-electron chi connectivity index (χ1n) is 7.86. The normalized spacial score (nSPS) is 10.5. The first-order chi connectivity index (χ1) is 13.3. The van der Waals surface area contributed by atoms with Gasteiger partial charge in [-0.25, -0.2) is 5.43 Å². The minimum Gasteiger partial charge on any atom is -0.504 e. The lowest BCUT2D eigenvalue weighted by Gasteiger charge is -2.07.